The second kappa shape index (κ2) is 2.70. The smallest absolute Gasteiger partial charge is 0.00105 e. The molecule has 1 nitrogen and oxygen atoms in total. The Morgan fingerprint density at radius 3 is 2.56 bits per heavy atom. The summed E-state index contributed by atoms with van der Waals surface area (Å²) in [6.07, 6.45) is 4.03. The molecule has 1 aliphatic rings. The number of hydrogen-bond donors (Lipinski definition) is 1. The zero-order valence-corrected chi connectivity index (χ0v) is 6.43. The van der Waals surface area contributed by atoms with Crippen molar-refractivity contribution >= 4 is 0 Å². The summed E-state index contributed by atoms with van der Waals surface area (Å²) in [5.74, 6) is 2.03. The van der Waals surface area contributed by atoms with Crippen molar-refractivity contribution < 1.29 is 0 Å². The van der Waals surface area contributed by atoms with Crippen LogP contribution < -0.4 is 5.73 Å². The molecule has 0 aliphatic heterocycles. The predicted octanol–water partition coefficient (Wildman–Crippen LogP) is 1.77. The van der Waals surface area contributed by atoms with Gasteiger partial charge in [0.1, 0.15) is 0 Å². The third-order valence-corrected chi connectivity index (χ3v) is 2.27. The summed E-state index contributed by atoms with van der Waals surface area (Å²) in [5, 5.41) is 0. The molecule has 2 N–H and O–H groups in total. The van der Waals surface area contributed by atoms with Gasteiger partial charge in [-0.1, -0.05) is 6.92 Å². The van der Waals surface area contributed by atoms with Gasteiger partial charge in [-0.05, 0) is 38.0 Å². The van der Waals surface area contributed by atoms with E-state index in [1.165, 1.54) is 19.3 Å². The van der Waals surface area contributed by atoms with Gasteiger partial charge in [0.2, 0.25) is 0 Å². The second-order valence-corrected chi connectivity index (χ2v) is 3.53. The van der Waals surface area contributed by atoms with Gasteiger partial charge >= 0.3 is 0 Å². The molecular weight excluding hydrogens is 110 g/mol. The molecule has 3 atom stereocenters. The Kier molecular flexibility index (Phi) is 2.12. The first kappa shape index (κ1) is 7.07. The van der Waals surface area contributed by atoms with E-state index in [9.17, 15) is 0 Å². The first-order chi connectivity index (χ1) is 4.20. The van der Waals surface area contributed by atoms with Crippen molar-refractivity contribution in [3.63, 3.8) is 0 Å². The van der Waals surface area contributed by atoms with Crippen LogP contribution in [0.2, 0.25) is 0 Å². The van der Waals surface area contributed by atoms with Crippen molar-refractivity contribution in [3.05, 3.63) is 0 Å². The standard InChI is InChI=1S/C8H17N/c1-6-5-8(6)4-3-7(2)9/h6-8H,3-5,9H2,1-2H3/t6?,7-,8?/m0/s1. The second-order valence-electron chi connectivity index (χ2n) is 3.53. The van der Waals surface area contributed by atoms with Crippen LogP contribution in [0.25, 0.3) is 0 Å². The molecule has 0 amide bonds. The quantitative estimate of drug-likeness (QED) is 0.614. The van der Waals surface area contributed by atoms with Crippen LogP contribution in [0, 0.1) is 11.8 Å². The Morgan fingerprint density at radius 1 is 1.67 bits per heavy atom. The van der Waals surface area contributed by atoms with E-state index in [1.807, 2.05) is 0 Å². The maximum atomic E-state index is 5.61. The molecule has 0 aromatic heterocycles. The van der Waals surface area contributed by atoms with Crippen LogP contribution in [0.3, 0.4) is 0 Å². The lowest BCUT2D eigenvalue weighted by atomic mass is 10.1. The van der Waals surface area contributed by atoms with Crippen LogP contribution in [0.5, 0.6) is 0 Å². The molecule has 0 aromatic carbocycles. The van der Waals surface area contributed by atoms with Gasteiger partial charge in [0.15, 0.2) is 0 Å². The van der Waals surface area contributed by atoms with Crippen LogP contribution in [-0.2, 0) is 0 Å². The van der Waals surface area contributed by atoms with Gasteiger partial charge in [-0.3, -0.25) is 0 Å². The highest BCUT2D eigenvalue weighted by Crippen LogP contribution is 2.41. The highest BCUT2D eigenvalue weighted by Gasteiger charge is 2.31. The fourth-order valence-corrected chi connectivity index (χ4v) is 1.28. The normalized spacial score (nSPS) is 36.3. The van der Waals surface area contributed by atoms with Gasteiger partial charge in [-0.2, -0.15) is 0 Å². The fourth-order valence-electron chi connectivity index (χ4n) is 1.28. The van der Waals surface area contributed by atoms with E-state index in [4.69, 9.17) is 5.73 Å². The first-order valence-corrected chi connectivity index (χ1v) is 3.95. The Hall–Kier alpha value is -0.0400. The van der Waals surface area contributed by atoms with E-state index in [1.54, 1.807) is 0 Å². The van der Waals surface area contributed by atoms with Crippen molar-refractivity contribution in [2.45, 2.75) is 39.2 Å². The van der Waals surface area contributed by atoms with E-state index >= 15 is 0 Å². The van der Waals surface area contributed by atoms with Crippen molar-refractivity contribution in [2.24, 2.45) is 17.6 Å². The summed E-state index contributed by atoms with van der Waals surface area (Å²) in [5.41, 5.74) is 5.61. The number of hydrogen-bond acceptors (Lipinski definition) is 1. The third-order valence-electron chi connectivity index (χ3n) is 2.27. The average molecular weight is 127 g/mol. The highest BCUT2D eigenvalue weighted by molar-refractivity contribution is 4.82. The molecule has 1 fully saturated rings. The molecule has 9 heavy (non-hydrogen) atoms. The van der Waals surface area contributed by atoms with Gasteiger partial charge in [0.25, 0.3) is 0 Å². The van der Waals surface area contributed by atoms with Gasteiger partial charge < -0.3 is 5.73 Å². The molecular formula is C8H17N. The van der Waals surface area contributed by atoms with Crippen LogP contribution in [0.15, 0.2) is 0 Å². The molecule has 1 rings (SSSR count). The Balaban J connectivity index is 1.94. The molecule has 2 unspecified atom stereocenters. The van der Waals surface area contributed by atoms with Gasteiger partial charge in [0, 0.05) is 6.04 Å². The Bertz CT molecular complexity index is 88.6. The Morgan fingerprint density at radius 2 is 2.22 bits per heavy atom. The molecule has 1 heteroatoms. The summed E-state index contributed by atoms with van der Waals surface area (Å²) in [4.78, 5) is 0. The van der Waals surface area contributed by atoms with Gasteiger partial charge in [0.05, 0.1) is 0 Å². The number of nitrogens with two attached hydrogens (primary N) is 1. The van der Waals surface area contributed by atoms with E-state index in [-0.39, 0.29) is 0 Å². The van der Waals surface area contributed by atoms with Gasteiger partial charge in [-0.15, -0.1) is 0 Å². The molecule has 0 heterocycles. The molecule has 0 radical (unpaired) electrons. The lowest BCUT2D eigenvalue weighted by molar-refractivity contribution is 0.566. The largest absolute Gasteiger partial charge is 0.328 e. The maximum absolute atomic E-state index is 5.61. The van der Waals surface area contributed by atoms with E-state index < -0.39 is 0 Å². The average Bonchev–Trinajstić information content (AvgIpc) is 2.42. The molecule has 1 aliphatic carbocycles. The van der Waals surface area contributed by atoms with Crippen molar-refractivity contribution in [1.82, 2.24) is 0 Å². The zero-order chi connectivity index (χ0) is 6.85. The van der Waals surface area contributed by atoms with Crippen LogP contribution in [-0.4, -0.2) is 6.04 Å². The highest BCUT2D eigenvalue weighted by atomic mass is 14.6. The molecule has 0 spiro atoms. The summed E-state index contributed by atoms with van der Waals surface area (Å²) < 4.78 is 0. The monoisotopic (exact) mass is 127 g/mol. The molecule has 0 bridgehead atoms. The maximum Gasteiger partial charge on any atom is 0.00105 e. The topological polar surface area (TPSA) is 26.0 Å². The SMILES string of the molecule is CC1CC1CC[C@H](C)N. The summed E-state index contributed by atoms with van der Waals surface area (Å²) >= 11 is 0. The lowest BCUT2D eigenvalue weighted by Crippen LogP contribution is -2.14. The van der Waals surface area contributed by atoms with E-state index in [0.29, 0.717) is 6.04 Å². The Labute approximate surface area is 57.6 Å². The van der Waals surface area contributed by atoms with Gasteiger partial charge in [-0.25, -0.2) is 0 Å². The molecule has 1 saturated carbocycles. The van der Waals surface area contributed by atoms with Crippen LogP contribution in [0.4, 0.5) is 0 Å². The van der Waals surface area contributed by atoms with Crippen molar-refractivity contribution in [1.29, 1.82) is 0 Å². The van der Waals surface area contributed by atoms with E-state index in [0.717, 1.165) is 11.8 Å². The van der Waals surface area contributed by atoms with Crippen molar-refractivity contribution in [2.75, 3.05) is 0 Å². The fraction of sp³-hybridized carbons (Fsp3) is 1.00. The summed E-state index contributed by atoms with van der Waals surface area (Å²) in [6.45, 7) is 4.42. The summed E-state index contributed by atoms with van der Waals surface area (Å²) in [6, 6.07) is 0.415. The third kappa shape index (κ3) is 2.35. The lowest BCUT2D eigenvalue weighted by Gasteiger charge is -2.01. The first-order valence-electron chi connectivity index (χ1n) is 3.95. The predicted molar refractivity (Wildman–Crippen MR) is 40.2 cm³/mol. The minimum atomic E-state index is 0.415. The molecule has 54 valence electrons. The zero-order valence-electron chi connectivity index (χ0n) is 6.43. The van der Waals surface area contributed by atoms with Crippen molar-refractivity contribution in [3.8, 4) is 0 Å². The minimum absolute atomic E-state index is 0.415. The van der Waals surface area contributed by atoms with Crippen LogP contribution >= 0.6 is 0 Å². The van der Waals surface area contributed by atoms with Crippen LogP contribution in [0.1, 0.15) is 33.1 Å². The molecule has 0 aromatic rings. The summed E-state index contributed by atoms with van der Waals surface area (Å²) in [7, 11) is 0. The number of rotatable bonds is 3. The minimum Gasteiger partial charge on any atom is -0.328 e. The molecule has 0 saturated heterocycles. The van der Waals surface area contributed by atoms with E-state index in [2.05, 4.69) is 13.8 Å².